The first-order valence-electron chi connectivity index (χ1n) is 6.51. The SMILES string of the molecule is O=C(O)C1CCC1C(=O)NCc1ccc(OC(F)F)cc1. The van der Waals surface area contributed by atoms with E-state index in [4.69, 9.17) is 5.11 Å². The summed E-state index contributed by atoms with van der Waals surface area (Å²) < 4.78 is 28.2. The quantitative estimate of drug-likeness (QED) is 0.842. The molecule has 0 radical (unpaired) electrons. The van der Waals surface area contributed by atoms with Gasteiger partial charge in [-0.1, -0.05) is 12.1 Å². The maximum absolute atomic E-state index is 12.0. The standard InChI is InChI=1S/C14H15F2NO4/c15-14(16)21-9-3-1-8(2-4-9)7-17-12(18)10-5-6-11(10)13(19)20/h1-4,10-11,14H,5-7H2,(H,17,18)(H,19,20). The number of halogens is 2. The monoisotopic (exact) mass is 299 g/mol. The van der Waals surface area contributed by atoms with Crippen molar-refractivity contribution in [3.05, 3.63) is 29.8 Å². The fraction of sp³-hybridized carbons (Fsp3) is 0.429. The van der Waals surface area contributed by atoms with Gasteiger partial charge in [0.15, 0.2) is 0 Å². The molecule has 2 unspecified atom stereocenters. The van der Waals surface area contributed by atoms with Gasteiger partial charge in [-0.15, -0.1) is 0 Å². The molecule has 1 aliphatic carbocycles. The lowest BCUT2D eigenvalue weighted by molar-refractivity contribution is -0.152. The molecule has 2 rings (SSSR count). The number of carboxylic acids is 1. The molecule has 114 valence electrons. The first kappa shape index (κ1) is 15.2. The Morgan fingerprint density at radius 2 is 1.86 bits per heavy atom. The number of hydrogen-bond acceptors (Lipinski definition) is 3. The summed E-state index contributed by atoms with van der Waals surface area (Å²) in [6.07, 6.45) is 1.09. The molecule has 2 N–H and O–H groups in total. The van der Waals surface area contributed by atoms with Crippen molar-refractivity contribution in [2.75, 3.05) is 0 Å². The molecule has 0 saturated heterocycles. The van der Waals surface area contributed by atoms with Crippen molar-refractivity contribution in [3.8, 4) is 5.75 Å². The minimum atomic E-state index is -2.87. The van der Waals surface area contributed by atoms with Gasteiger partial charge >= 0.3 is 12.6 Å². The van der Waals surface area contributed by atoms with Crippen LogP contribution in [0.25, 0.3) is 0 Å². The summed E-state index contributed by atoms with van der Waals surface area (Å²) in [5.74, 6) is -2.28. The number of benzene rings is 1. The van der Waals surface area contributed by atoms with Crippen LogP contribution in [0.15, 0.2) is 24.3 Å². The fourth-order valence-electron chi connectivity index (χ4n) is 2.22. The Morgan fingerprint density at radius 3 is 2.33 bits per heavy atom. The van der Waals surface area contributed by atoms with E-state index in [1.54, 1.807) is 12.1 Å². The number of ether oxygens (including phenoxy) is 1. The zero-order chi connectivity index (χ0) is 15.4. The van der Waals surface area contributed by atoms with Crippen molar-refractivity contribution < 1.29 is 28.2 Å². The van der Waals surface area contributed by atoms with Gasteiger partial charge in [0.05, 0.1) is 11.8 Å². The zero-order valence-electron chi connectivity index (χ0n) is 11.1. The summed E-state index contributed by atoms with van der Waals surface area (Å²) in [6.45, 7) is -2.65. The van der Waals surface area contributed by atoms with E-state index < -0.39 is 24.4 Å². The minimum Gasteiger partial charge on any atom is -0.481 e. The van der Waals surface area contributed by atoms with Gasteiger partial charge in [0.1, 0.15) is 5.75 Å². The molecule has 0 bridgehead atoms. The van der Waals surface area contributed by atoms with Crippen LogP contribution in [0.3, 0.4) is 0 Å². The Balaban J connectivity index is 1.83. The Kier molecular flexibility index (Phi) is 4.72. The maximum atomic E-state index is 12.0. The van der Waals surface area contributed by atoms with Gasteiger partial charge < -0.3 is 15.2 Å². The van der Waals surface area contributed by atoms with Gasteiger partial charge in [-0.25, -0.2) is 0 Å². The average molecular weight is 299 g/mol. The molecule has 1 aromatic rings. The van der Waals surface area contributed by atoms with Crippen LogP contribution in [0, 0.1) is 11.8 Å². The third-order valence-electron chi connectivity index (χ3n) is 3.54. The third kappa shape index (κ3) is 3.90. The van der Waals surface area contributed by atoms with Crippen molar-refractivity contribution in [1.29, 1.82) is 0 Å². The highest BCUT2D eigenvalue weighted by atomic mass is 19.3. The number of carbonyl (C=O) groups excluding carboxylic acids is 1. The number of nitrogens with one attached hydrogen (secondary N) is 1. The van der Waals surface area contributed by atoms with Gasteiger partial charge in [-0.3, -0.25) is 9.59 Å². The maximum Gasteiger partial charge on any atom is 0.387 e. The summed E-state index contributed by atoms with van der Waals surface area (Å²) in [5.41, 5.74) is 0.719. The van der Waals surface area contributed by atoms with E-state index in [-0.39, 0.29) is 18.2 Å². The van der Waals surface area contributed by atoms with Crippen LogP contribution in [0.2, 0.25) is 0 Å². The van der Waals surface area contributed by atoms with Crippen LogP contribution in [0.5, 0.6) is 5.75 Å². The molecule has 2 atom stereocenters. The van der Waals surface area contributed by atoms with Gasteiger partial charge in [0.25, 0.3) is 0 Å². The number of carbonyl (C=O) groups is 2. The molecule has 1 amide bonds. The van der Waals surface area contributed by atoms with E-state index in [9.17, 15) is 18.4 Å². The Morgan fingerprint density at radius 1 is 1.24 bits per heavy atom. The lowest BCUT2D eigenvalue weighted by Gasteiger charge is -2.31. The van der Waals surface area contributed by atoms with E-state index in [1.807, 2.05) is 0 Å². The highest BCUT2D eigenvalue weighted by Gasteiger charge is 2.41. The third-order valence-corrected chi connectivity index (χ3v) is 3.54. The number of carboxylic acid groups (broad SMARTS) is 1. The minimum absolute atomic E-state index is 0.0463. The second kappa shape index (κ2) is 6.51. The van der Waals surface area contributed by atoms with Crippen molar-refractivity contribution in [2.24, 2.45) is 11.8 Å². The Labute approximate surface area is 119 Å². The van der Waals surface area contributed by atoms with E-state index in [0.717, 1.165) is 5.56 Å². The molecular formula is C14H15F2NO4. The molecule has 5 nitrogen and oxygen atoms in total. The average Bonchev–Trinajstić information content (AvgIpc) is 2.35. The predicted octanol–water partition coefficient (Wildman–Crippen LogP) is 2.01. The highest BCUT2D eigenvalue weighted by molar-refractivity contribution is 5.86. The summed E-state index contributed by atoms with van der Waals surface area (Å²) in [4.78, 5) is 22.7. The van der Waals surface area contributed by atoms with Crippen LogP contribution < -0.4 is 10.1 Å². The molecule has 7 heteroatoms. The topological polar surface area (TPSA) is 75.6 Å². The zero-order valence-corrected chi connectivity index (χ0v) is 11.1. The van der Waals surface area contributed by atoms with E-state index in [0.29, 0.717) is 12.8 Å². The van der Waals surface area contributed by atoms with E-state index in [2.05, 4.69) is 10.1 Å². The Hall–Kier alpha value is -2.18. The summed E-state index contributed by atoms with van der Waals surface area (Å²) >= 11 is 0. The predicted molar refractivity (Wildman–Crippen MR) is 68.8 cm³/mol. The first-order valence-corrected chi connectivity index (χ1v) is 6.51. The molecule has 0 spiro atoms. The van der Waals surface area contributed by atoms with Crippen LogP contribution in [-0.2, 0) is 16.1 Å². The second-order valence-electron chi connectivity index (χ2n) is 4.87. The largest absolute Gasteiger partial charge is 0.481 e. The van der Waals surface area contributed by atoms with Crippen LogP contribution in [-0.4, -0.2) is 23.6 Å². The van der Waals surface area contributed by atoms with Crippen molar-refractivity contribution >= 4 is 11.9 Å². The molecule has 0 aromatic heterocycles. The van der Waals surface area contributed by atoms with Gasteiger partial charge in [0, 0.05) is 6.54 Å². The summed E-state index contributed by atoms with van der Waals surface area (Å²) in [7, 11) is 0. The molecule has 0 heterocycles. The van der Waals surface area contributed by atoms with Crippen molar-refractivity contribution in [3.63, 3.8) is 0 Å². The van der Waals surface area contributed by atoms with Gasteiger partial charge in [-0.2, -0.15) is 8.78 Å². The molecule has 21 heavy (non-hydrogen) atoms. The number of hydrogen-bond donors (Lipinski definition) is 2. The normalized spacial score (nSPS) is 20.7. The van der Waals surface area contributed by atoms with Crippen LogP contribution in [0.1, 0.15) is 18.4 Å². The lowest BCUT2D eigenvalue weighted by Crippen LogP contribution is -2.43. The molecule has 1 aromatic carbocycles. The first-order chi connectivity index (χ1) is 9.97. The van der Waals surface area contributed by atoms with E-state index >= 15 is 0 Å². The lowest BCUT2D eigenvalue weighted by atomic mass is 9.73. The fourth-order valence-corrected chi connectivity index (χ4v) is 2.22. The smallest absolute Gasteiger partial charge is 0.387 e. The summed E-state index contributed by atoms with van der Waals surface area (Å²) in [5, 5.41) is 11.5. The second-order valence-corrected chi connectivity index (χ2v) is 4.87. The van der Waals surface area contributed by atoms with Gasteiger partial charge in [0.2, 0.25) is 5.91 Å². The number of aliphatic carboxylic acids is 1. The molecule has 0 aliphatic heterocycles. The van der Waals surface area contributed by atoms with Crippen LogP contribution >= 0.6 is 0 Å². The van der Waals surface area contributed by atoms with E-state index in [1.165, 1.54) is 12.1 Å². The number of amides is 1. The number of alkyl halides is 2. The number of rotatable bonds is 6. The van der Waals surface area contributed by atoms with Gasteiger partial charge in [-0.05, 0) is 30.5 Å². The highest BCUT2D eigenvalue weighted by Crippen LogP contribution is 2.34. The molecule has 1 saturated carbocycles. The summed E-state index contributed by atoms with van der Waals surface area (Å²) in [6, 6.07) is 5.90. The van der Waals surface area contributed by atoms with Crippen molar-refractivity contribution in [2.45, 2.75) is 26.0 Å². The van der Waals surface area contributed by atoms with Crippen LogP contribution in [0.4, 0.5) is 8.78 Å². The molecular weight excluding hydrogens is 284 g/mol. The Bertz CT molecular complexity index is 518. The molecule has 1 fully saturated rings. The van der Waals surface area contributed by atoms with Crippen molar-refractivity contribution in [1.82, 2.24) is 5.32 Å². The molecule has 1 aliphatic rings.